The van der Waals surface area contributed by atoms with Crippen molar-refractivity contribution in [3.63, 3.8) is 0 Å². The van der Waals surface area contributed by atoms with E-state index in [0.717, 1.165) is 12.2 Å². The lowest BCUT2D eigenvalue weighted by atomic mass is 10.3. The summed E-state index contributed by atoms with van der Waals surface area (Å²) in [6.07, 6.45) is 0.962. The van der Waals surface area contributed by atoms with E-state index in [-0.39, 0.29) is 6.03 Å². The maximum Gasteiger partial charge on any atom is 0.323 e. The molecular formula is C16H17ClN2O2. The predicted molar refractivity (Wildman–Crippen MR) is 86.3 cm³/mol. The molecule has 21 heavy (non-hydrogen) atoms. The minimum absolute atomic E-state index is 0.306. The first-order valence-electron chi connectivity index (χ1n) is 6.74. The highest BCUT2D eigenvalue weighted by atomic mass is 35.5. The molecule has 0 aromatic heterocycles. The van der Waals surface area contributed by atoms with Gasteiger partial charge in [0.15, 0.2) is 0 Å². The summed E-state index contributed by atoms with van der Waals surface area (Å²) in [5, 5.41) is 6.10. The summed E-state index contributed by atoms with van der Waals surface area (Å²) >= 11 is 5.79. The summed E-state index contributed by atoms with van der Waals surface area (Å²) in [7, 11) is 0. The summed E-state index contributed by atoms with van der Waals surface area (Å²) < 4.78 is 5.48. The average molecular weight is 305 g/mol. The number of urea groups is 1. The Bertz CT molecular complexity index is 582. The molecule has 0 saturated carbocycles. The van der Waals surface area contributed by atoms with E-state index < -0.39 is 0 Å². The molecular weight excluding hydrogens is 288 g/mol. The molecule has 0 fully saturated rings. The zero-order chi connectivity index (χ0) is 15.1. The maximum absolute atomic E-state index is 11.8. The van der Waals surface area contributed by atoms with Crippen molar-refractivity contribution < 1.29 is 9.53 Å². The van der Waals surface area contributed by atoms with Gasteiger partial charge in [-0.3, -0.25) is 0 Å². The van der Waals surface area contributed by atoms with Crippen LogP contribution < -0.4 is 15.4 Å². The van der Waals surface area contributed by atoms with Gasteiger partial charge in [-0.2, -0.15) is 0 Å². The number of hydrogen-bond acceptors (Lipinski definition) is 2. The van der Waals surface area contributed by atoms with E-state index in [2.05, 4.69) is 17.6 Å². The summed E-state index contributed by atoms with van der Waals surface area (Å²) in [5.74, 6) is 0.792. The van der Waals surface area contributed by atoms with Gasteiger partial charge in [0.2, 0.25) is 0 Å². The Morgan fingerprint density at radius 1 is 1.00 bits per heavy atom. The van der Waals surface area contributed by atoms with Gasteiger partial charge >= 0.3 is 6.03 Å². The number of benzene rings is 2. The van der Waals surface area contributed by atoms with Crippen LogP contribution in [0.4, 0.5) is 16.2 Å². The summed E-state index contributed by atoms with van der Waals surface area (Å²) in [6.45, 7) is 2.74. The van der Waals surface area contributed by atoms with Crippen molar-refractivity contribution in [2.45, 2.75) is 13.3 Å². The number of nitrogens with one attached hydrogen (secondary N) is 2. The second kappa shape index (κ2) is 7.55. The molecule has 2 rings (SSSR count). The molecule has 0 heterocycles. The average Bonchev–Trinajstić information content (AvgIpc) is 2.49. The molecule has 2 amide bonds. The first-order chi connectivity index (χ1) is 10.2. The van der Waals surface area contributed by atoms with Crippen LogP contribution in [0.15, 0.2) is 48.5 Å². The van der Waals surface area contributed by atoms with E-state index in [1.165, 1.54) is 0 Å². The number of hydrogen-bond donors (Lipinski definition) is 2. The number of amides is 2. The van der Waals surface area contributed by atoms with Crippen LogP contribution in [0.5, 0.6) is 5.75 Å². The molecule has 0 spiro atoms. The van der Waals surface area contributed by atoms with Crippen LogP contribution in [0.2, 0.25) is 5.02 Å². The third-order valence-electron chi connectivity index (χ3n) is 2.69. The van der Waals surface area contributed by atoms with E-state index in [0.29, 0.717) is 23.0 Å². The monoisotopic (exact) mass is 304 g/mol. The van der Waals surface area contributed by atoms with Gasteiger partial charge < -0.3 is 15.4 Å². The van der Waals surface area contributed by atoms with Gasteiger partial charge in [0, 0.05) is 16.4 Å². The summed E-state index contributed by atoms with van der Waals surface area (Å²) in [5.41, 5.74) is 1.38. The molecule has 0 atom stereocenters. The van der Waals surface area contributed by atoms with Crippen LogP contribution in [0, 0.1) is 0 Å². The van der Waals surface area contributed by atoms with Crippen molar-refractivity contribution >= 4 is 29.0 Å². The van der Waals surface area contributed by atoms with E-state index >= 15 is 0 Å². The fourth-order valence-electron chi connectivity index (χ4n) is 1.68. The van der Waals surface area contributed by atoms with E-state index in [4.69, 9.17) is 16.3 Å². The van der Waals surface area contributed by atoms with Gasteiger partial charge in [-0.25, -0.2) is 4.79 Å². The number of halogens is 1. The Balaban J connectivity index is 1.88. The molecule has 0 aliphatic heterocycles. The number of rotatable bonds is 5. The van der Waals surface area contributed by atoms with E-state index in [1.807, 2.05) is 12.1 Å². The van der Waals surface area contributed by atoms with Crippen molar-refractivity contribution in [3.8, 4) is 5.75 Å². The lowest BCUT2D eigenvalue weighted by Crippen LogP contribution is -2.19. The molecule has 0 saturated heterocycles. The smallest absolute Gasteiger partial charge is 0.323 e. The van der Waals surface area contributed by atoms with Crippen molar-refractivity contribution in [2.75, 3.05) is 17.2 Å². The maximum atomic E-state index is 11.8. The summed E-state index contributed by atoms with van der Waals surface area (Å²) in [6, 6.07) is 13.9. The van der Waals surface area contributed by atoms with Gasteiger partial charge in [-0.15, -0.1) is 0 Å². The van der Waals surface area contributed by atoms with Crippen molar-refractivity contribution in [1.82, 2.24) is 0 Å². The zero-order valence-corrected chi connectivity index (χ0v) is 12.5. The van der Waals surface area contributed by atoms with Crippen molar-refractivity contribution in [3.05, 3.63) is 53.6 Å². The van der Waals surface area contributed by atoms with Gasteiger partial charge in [0.05, 0.1) is 6.61 Å². The molecule has 0 aliphatic carbocycles. The van der Waals surface area contributed by atoms with Crippen molar-refractivity contribution in [2.24, 2.45) is 0 Å². The Kier molecular flexibility index (Phi) is 5.46. The van der Waals surface area contributed by atoms with Crippen LogP contribution in [-0.4, -0.2) is 12.6 Å². The molecule has 2 aromatic rings. The summed E-state index contributed by atoms with van der Waals surface area (Å²) in [4.78, 5) is 11.8. The number of carbonyl (C=O) groups excluding carboxylic acids is 1. The standard InChI is InChI=1S/C16H17ClN2O2/c1-2-11-21-15-9-7-14(8-10-15)19-16(20)18-13-5-3-12(17)4-6-13/h3-10H,2,11H2,1H3,(H2,18,19,20). The second-order valence-electron chi connectivity index (χ2n) is 4.46. The highest BCUT2D eigenvalue weighted by Gasteiger charge is 2.03. The Hall–Kier alpha value is -2.20. The predicted octanol–water partition coefficient (Wildman–Crippen LogP) is 4.77. The van der Waals surface area contributed by atoms with Crippen LogP contribution >= 0.6 is 11.6 Å². The molecule has 0 radical (unpaired) electrons. The molecule has 0 unspecified atom stereocenters. The third kappa shape index (κ3) is 5.00. The SMILES string of the molecule is CCCOc1ccc(NC(=O)Nc2ccc(Cl)cc2)cc1. The van der Waals surface area contributed by atoms with E-state index in [9.17, 15) is 4.79 Å². The normalized spacial score (nSPS) is 10.0. The Labute approximate surface area is 129 Å². The lowest BCUT2D eigenvalue weighted by Gasteiger charge is -2.09. The van der Waals surface area contributed by atoms with Gasteiger partial charge in [0.1, 0.15) is 5.75 Å². The quantitative estimate of drug-likeness (QED) is 0.835. The minimum atomic E-state index is -0.306. The Morgan fingerprint density at radius 2 is 1.52 bits per heavy atom. The first-order valence-corrected chi connectivity index (χ1v) is 7.11. The molecule has 0 bridgehead atoms. The second-order valence-corrected chi connectivity index (χ2v) is 4.90. The molecule has 0 aliphatic rings. The van der Waals surface area contributed by atoms with Crippen LogP contribution in [-0.2, 0) is 0 Å². The van der Waals surface area contributed by atoms with Crippen LogP contribution in [0.1, 0.15) is 13.3 Å². The fourth-order valence-corrected chi connectivity index (χ4v) is 1.81. The molecule has 2 aromatic carbocycles. The third-order valence-corrected chi connectivity index (χ3v) is 2.94. The van der Waals surface area contributed by atoms with Gasteiger partial charge in [-0.1, -0.05) is 18.5 Å². The minimum Gasteiger partial charge on any atom is -0.494 e. The Morgan fingerprint density at radius 3 is 2.05 bits per heavy atom. The lowest BCUT2D eigenvalue weighted by molar-refractivity contribution is 0.262. The largest absolute Gasteiger partial charge is 0.494 e. The zero-order valence-electron chi connectivity index (χ0n) is 11.7. The molecule has 4 nitrogen and oxygen atoms in total. The van der Waals surface area contributed by atoms with Crippen LogP contribution in [0.3, 0.4) is 0 Å². The number of ether oxygens (including phenoxy) is 1. The number of anilines is 2. The van der Waals surface area contributed by atoms with Crippen LogP contribution in [0.25, 0.3) is 0 Å². The molecule has 110 valence electrons. The topological polar surface area (TPSA) is 50.4 Å². The molecule has 2 N–H and O–H groups in total. The van der Waals surface area contributed by atoms with Crippen molar-refractivity contribution in [1.29, 1.82) is 0 Å². The van der Waals surface area contributed by atoms with E-state index in [1.54, 1.807) is 36.4 Å². The highest BCUT2D eigenvalue weighted by molar-refractivity contribution is 6.30. The van der Waals surface area contributed by atoms with Gasteiger partial charge in [-0.05, 0) is 55.0 Å². The number of carbonyl (C=O) groups is 1. The highest BCUT2D eigenvalue weighted by Crippen LogP contribution is 2.17. The fraction of sp³-hybridized carbons (Fsp3) is 0.188. The molecule has 5 heteroatoms. The first kappa shape index (κ1) is 15.2. The van der Waals surface area contributed by atoms with Gasteiger partial charge in [0.25, 0.3) is 0 Å².